The van der Waals surface area contributed by atoms with E-state index in [1.807, 2.05) is 48.5 Å². The van der Waals surface area contributed by atoms with E-state index in [0.717, 1.165) is 27.8 Å². The van der Waals surface area contributed by atoms with Crippen molar-refractivity contribution >= 4 is 22.1 Å². The number of fused-ring (bicyclic) bond motifs is 3. The summed E-state index contributed by atoms with van der Waals surface area (Å²) in [5.41, 5.74) is 5.30. The van der Waals surface area contributed by atoms with Gasteiger partial charge in [-0.05, 0) is 64.6 Å². The van der Waals surface area contributed by atoms with E-state index in [-0.39, 0.29) is 35.8 Å². The number of aliphatic carboxylic acids is 1. The molecule has 1 amide bonds. The second kappa shape index (κ2) is 12.2. The third kappa shape index (κ3) is 6.89. The number of hydrogen-bond acceptors (Lipinski definition) is 5. The van der Waals surface area contributed by atoms with Crippen molar-refractivity contribution in [1.29, 1.82) is 0 Å². The van der Waals surface area contributed by atoms with Crippen LogP contribution >= 0.6 is 0 Å². The molecule has 0 bridgehead atoms. The molecular weight excluding hydrogens is 528 g/mol. The van der Waals surface area contributed by atoms with Crippen LogP contribution < -0.4 is 10.0 Å². The molecule has 3 aromatic carbocycles. The number of sulfonamides is 1. The molecule has 0 aromatic heterocycles. The van der Waals surface area contributed by atoms with E-state index in [4.69, 9.17) is 4.74 Å². The van der Waals surface area contributed by atoms with Crippen LogP contribution in [0.4, 0.5) is 4.79 Å². The summed E-state index contributed by atoms with van der Waals surface area (Å²) in [6, 6.07) is 21.6. The Morgan fingerprint density at radius 3 is 2.02 bits per heavy atom. The molecule has 0 radical (unpaired) electrons. The second-order valence-electron chi connectivity index (χ2n) is 11.0. The summed E-state index contributed by atoms with van der Waals surface area (Å²) >= 11 is 0. The van der Waals surface area contributed by atoms with E-state index in [0.29, 0.717) is 12.8 Å². The summed E-state index contributed by atoms with van der Waals surface area (Å²) in [4.78, 5) is 24.4. The van der Waals surface area contributed by atoms with Gasteiger partial charge in [0.15, 0.2) is 0 Å². The fourth-order valence-electron chi connectivity index (χ4n) is 4.94. The molecule has 0 aliphatic heterocycles. The lowest BCUT2D eigenvalue weighted by molar-refractivity contribution is -0.139. The number of alkyl carbamates (subject to hydrolysis) is 1. The number of carboxylic acid groups (broad SMARTS) is 1. The van der Waals surface area contributed by atoms with Gasteiger partial charge in [0, 0.05) is 12.5 Å². The van der Waals surface area contributed by atoms with Crippen molar-refractivity contribution in [3.05, 3.63) is 89.5 Å². The number of carboxylic acids is 1. The molecule has 4 rings (SSSR count). The zero-order chi connectivity index (χ0) is 28.9. The molecule has 1 atom stereocenters. The third-order valence-electron chi connectivity index (χ3n) is 7.18. The zero-order valence-electron chi connectivity index (χ0n) is 23.0. The standard InChI is InChI=1S/C31H36N2O6S/c1-31(2,3)21-15-17-22(18-16-21)40(37,38)32-19-9-8-14-28(29(34)35)33-30(36)39-20-27-25-12-6-4-10-23(25)24-11-5-7-13-26(24)27/h4-7,10-13,15-18,27-28,32H,8-9,14,19-20H2,1-3H3,(H,33,36)(H,34,35)/t28-/m0/s1. The molecule has 0 spiro atoms. The highest BCUT2D eigenvalue weighted by molar-refractivity contribution is 7.89. The molecule has 9 heteroatoms. The highest BCUT2D eigenvalue weighted by Crippen LogP contribution is 2.44. The number of hydrogen-bond donors (Lipinski definition) is 3. The van der Waals surface area contributed by atoms with Crippen molar-refractivity contribution in [2.75, 3.05) is 13.2 Å². The summed E-state index contributed by atoms with van der Waals surface area (Å²) in [5.74, 6) is -1.30. The van der Waals surface area contributed by atoms with Gasteiger partial charge < -0.3 is 15.2 Å². The number of carbonyl (C=O) groups excluding carboxylic acids is 1. The largest absolute Gasteiger partial charge is 0.480 e. The minimum absolute atomic E-state index is 0.0791. The van der Waals surface area contributed by atoms with Gasteiger partial charge >= 0.3 is 12.1 Å². The van der Waals surface area contributed by atoms with Crippen LogP contribution in [-0.2, 0) is 25.0 Å². The minimum Gasteiger partial charge on any atom is -0.480 e. The smallest absolute Gasteiger partial charge is 0.407 e. The summed E-state index contributed by atoms with van der Waals surface area (Å²) < 4.78 is 33.2. The molecular formula is C31H36N2O6S. The van der Waals surface area contributed by atoms with Crippen LogP contribution in [0.5, 0.6) is 0 Å². The number of amides is 1. The zero-order valence-corrected chi connectivity index (χ0v) is 23.8. The predicted molar refractivity (Wildman–Crippen MR) is 154 cm³/mol. The Labute approximate surface area is 235 Å². The maximum atomic E-state index is 12.6. The molecule has 3 N–H and O–H groups in total. The van der Waals surface area contributed by atoms with Gasteiger partial charge in [0.2, 0.25) is 10.0 Å². The lowest BCUT2D eigenvalue weighted by Gasteiger charge is -2.19. The van der Waals surface area contributed by atoms with Crippen LogP contribution in [0.2, 0.25) is 0 Å². The molecule has 0 heterocycles. The average molecular weight is 565 g/mol. The van der Waals surface area contributed by atoms with Gasteiger partial charge in [0.25, 0.3) is 0 Å². The summed E-state index contributed by atoms with van der Waals surface area (Å²) in [5, 5.41) is 12.0. The molecule has 212 valence electrons. The van der Waals surface area contributed by atoms with Crippen molar-refractivity contribution in [2.24, 2.45) is 0 Å². The van der Waals surface area contributed by atoms with Gasteiger partial charge in [-0.25, -0.2) is 22.7 Å². The Bertz CT molecular complexity index is 1420. The lowest BCUT2D eigenvalue weighted by Crippen LogP contribution is -2.41. The number of carbonyl (C=O) groups is 2. The van der Waals surface area contributed by atoms with Gasteiger partial charge in [-0.1, -0.05) is 81.4 Å². The Hall–Kier alpha value is -3.69. The maximum absolute atomic E-state index is 12.6. The molecule has 0 saturated heterocycles. The van der Waals surface area contributed by atoms with E-state index < -0.39 is 28.1 Å². The van der Waals surface area contributed by atoms with Gasteiger partial charge in [0.1, 0.15) is 12.6 Å². The minimum atomic E-state index is -3.67. The summed E-state index contributed by atoms with van der Waals surface area (Å²) in [7, 11) is -3.67. The SMILES string of the molecule is CC(C)(C)c1ccc(S(=O)(=O)NCCCC[C@H](NC(=O)OCC2c3ccccc3-c3ccccc32)C(=O)O)cc1. The van der Waals surface area contributed by atoms with E-state index in [9.17, 15) is 23.1 Å². The first-order valence-electron chi connectivity index (χ1n) is 13.4. The molecule has 0 saturated carbocycles. The molecule has 1 aliphatic rings. The summed E-state index contributed by atoms with van der Waals surface area (Å²) in [6.07, 6.45) is 0.150. The first kappa shape index (κ1) is 29.3. The lowest BCUT2D eigenvalue weighted by atomic mass is 9.87. The van der Waals surface area contributed by atoms with Crippen LogP contribution in [0.3, 0.4) is 0 Å². The van der Waals surface area contributed by atoms with Gasteiger partial charge in [-0.2, -0.15) is 0 Å². The first-order valence-corrected chi connectivity index (χ1v) is 14.9. The highest BCUT2D eigenvalue weighted by atomic mass is 32.2. The number of benzene rings is 3. The van der Waals surface area contributed by atoms with Gasteiger partial charge in [0.05, 0.1) is 4.90 Å². The Morgan fingerprint density at radius 1 is 0.900 bits per heavy atom. The van der Waals surface area contributed by atoms with Crippen LogP contribution in [0, 0.1) is 0 Å². The van der Waals surface area contributed by atoms with E-state index in [1.54, 1.807) is 24.3 Å². The summed E-state index contributed by atoms with van der Waals surface area (Å²) in [6.45, 7) is 6.41. The molecule has 40 heavy (non-hydrogen) atoms. The van der Waals surface area contributed by atoms with Gasteiger partial charge in [-0.3, -0.25) is 0 Å². The monoisotopic (exact) mass is 564 g/mol. The number of unbranched alkanes of at least 4 members (excludes halogenated alkanes) is 1. The Morgan fingerprint density at radius 2 is 1.48 bits per heavy atom. The second-order valence-corrected chi connectivity index (χ2v) is 12.8. The normalized spacial score (nSPS) is 13.8. The first-order chi connectivity index (χ1) is 19.0. The van der Waals surface area contributed by atoms with Crippen LogP contribution in [0.15, 0.2) is 77.7 Å². The highest BCUT2D eigenvalue weighted by Gasteiger charge is 2.29. The molecule has 0 unspecified atom stereocenters. The van der Waals surface area contributed by atoms with Crippen LogP contribution in [0.25, 0.3) is 11.1 Å². The molecule has 0 fully saturated rings. The fraction of sp³-hybridized carbons (Fsp3) is 0.355. The van der Waals surface area contributed by atoms with Crippen LogP contribution in [0.1, 0.15) is 62.6 Å². The van der Waals surface area contributed by atoms with Gasteiger partial charge in [-0.15, -0.1) is 0 Å². The number of rotatable bonds is 11. The quantitative estimate of drug-likeness (QED) is 0.267. The Kier molecular flexibility index (Phi) is 8.95. The number of ether oxygens (including phenoxy) is 1. The molecule has 3 aromatic rings. The average Bonchev–Trinajstić information content (AvgIpc) is 3.24. The van der Waals surface area contributed by atoms with Crippen LogP contribution in [-0.4, -0.2) is 44.8 Å². The van der Waals surface area contributed by atoms with Crippen molar-refractivity contribution < 1.29 is 27.9 Å². The van der Waals surface area contributed by atoms with E-state index in [2.05, 4.69) is 30.8 Å². The van der Waals surface area contributed by atoms with Crippen molar-refractivity contribution in [3.8, 4) is 11.1 Å². The van der Waals surface area contributed by atoms with E-state index in [1.165, 1.54) is 0 Å². The topological polar surface area (TPSA) is 122 Å². The maximum Gasteiger partial charge on any atom is 0.407 e. The predicted octanol–water partition coefficient (Wildman–Crippen LogP) is 5.42. The molecule has 1 aliphatic carbocycles. The number of nitrogens with one attached hydrogen (secondary N) is 2. The molecule has 8 nitrogen and oxygen atoms in total. The van der Waals surface area contributed by atoms with E-state index >= 15 is 0 Å². The van der Waals surface area contributed by atoms with Crippen molar-refractivity contribution in [3.63, 3.8) is 0 Å². The third-order valence-corrected chi connectivity index (χ3v) is 8.65. The van der Waals surface area contributed by atoms with Crippen molar-refractivity contribution in [2.45, 2.75) is 62.3 Å². The Balaban J connectivity index is 1.24. The van der Waals surface area contributed by atoms with Crippen molar-refractivity contribution in [1.82, 2.24) is 10.0 Å². The fourth-order valence-corrected chi connectivity index (χ4v) is 6.01.